The lowest BCUT2D eigenvalue weighted by molar-refractivity contribution is -0.135. The van der Waals surface area contributed by atoms with Crippen LogP contribution in [0.4, 0.5) is 10.5 Å². The molecule has 0 aromatic heterocycles. The van der Waals surface area contributed by atoms with E-state index in [0.717, 1.165) is 4.90 Å². The molecule has 0 heterocycles. The van der Waals surface area contributed by atoms with Gasteiger partial charge in [-0.25, -0.2) is 4.79 Å². The fraction of sp³-hybridized carbons (Fsp3) is 0.500. The van der Waals surface area contributed by atoms with Gasteiger partial charge in [0, 0.05) is 5.30 Å². The smallest absolute Gasteiger partial charge is 0.415 e. The third-order valence-electron chi connectivity index (χ3n) is 2.98. The predicted molar refractivity (Wildman–Crippen MR) is 93.3 cm³/mol. The van der Waals surface area contributed by atoms with Crippen molar-refractivity contribution in [3.05, 3.63) is 18.2 Å². The molecule has 0 bridgehead atoms. The number of hydrogen-bond donors (Lipinski definition) is 1. The summed E-state index contributed by atoms with van der Waals surface area (Å²) >= 11 is 0. The molecular formula is C16H24NO6P. The number of carbonyl (C=O) groups excluding carboxylic acids is 1. The van der Waals surface area contributed by atoms with E-state index in [9.17, 15) is 14.2 Å². The van der Waals surface area contributed by atoms with Crippen LogP contribution in [0.25, 0.3) is 0 Å². The van der Waals surface area contributed by atoms with Crippen LogP contribution < -0.4 is 14.9 Å². The summed E-state index contributed by atoms with van der Waals surface area (Å²) in [7, 11) is -1.13. The van der Waals surface area contributed by atoms with Crippen LogP contribution in [0.2, 0.25) is 0 Å². The van der Waals surface area contributed by atoms with E-state index >= 15 is 0 Å². The number of carboxylic acids is 1. The molecule has 0 saturated carbocycles. The maximum absolute atomic E-state index is 12.4. The molecule has 1 aromatic carbocycles. The number of hydrogen-bond acceptors (Lipinski definition) is 5. The summed E-state index contributed by atoms with van der Waals surface area (Å²) in [6, 6.07) is 4.66. The van der Waals surface area contributed by atoms with Crippen LogP contribution in [0.5, 0.6) is 5.75 Å². The molecule has 1 aromatic rings. The van der Waals surface area contributed by atoms with E-state index in [1.165, 1.54) is 13.2 Å². The van der Waals surface area contributed by atoms with E-state index in [2.05, 4.69) is 0 Å². The van der Waals surface area contributed by atoms with E-state index < -0.39 is 31.4 Å². The molecule has 7 nitrogen and oxygen atoms in total. The van der Waals surface area contributed by atoms with Gasteiger partial charge in [0.25, 0.3) is 0 Å². The highest BCUT2D eigenvalue weighted by molar-refractivity contribution is 7.70. The monoisotopic (exact) mass is 357 g/mol. The number of amides is 1. The zero-order chi connectivity index (χ0) is 18.7. The fourth-order valence-electron chi connectivity index (χ4n) is 1.92. The second kappa shape index (κ2) is 7.26. The molecule has 0 saturated heterocycles. The minimum absolute atomic E-state index is 0.242. The van der Waals surface area contributed by atoms with Crippen molar-refractivity contribution < 1.29 is 28.7 Å². The van der Waals surface area contributed by atoms with E-state index in [1.54, 1.807) is 46.2 Å². The highest BCUT2D eigenvalue weighted by Crippen LogP contribution is 2.38. The maximum atomic E-state index is 12.4. The lowest BCUT2D eigenvalue weighted by Gasteiger charge is -2.27. The van der Waals surface area contributed by atoms with Crippen molar-refractivity contribution in [1.82, 2.24) is 0 Å². The van der Waals surface area contributed by atoms with E-state index in [1.807, 2.05) is 0 Å². The average molecular weight is 357 g/mol. The molecule has 1 rings (SSSR count). The van der Waals surface area contributed by atoms with Crippen molar-refractivity contribution in [3.63, 3.8) is 0 Å². The van der Waals surface area contributed by atoms with Gasteiger partial charge in [0.05, 0.1) is 12.8 Å². The molecule has 0 aliphatic rings. The summed E-state index contributed by atoms with van der Waals surface area (Å²) in [5.74, 6) is -0.938. The number of aliphatic carboxylic acids is 1. The molecule has 1 N–H and O–H groups in total. The highest BCUT2D eigenvalue weighted by atomic mass is 31.2. The summed E-state index contributed by atoms with van der Waals surface area (Å²) in [5, 5.41) is 9.68. The highest BCUT2D eigenvalue weighted by Gasteiger charge is 2.28. The van der Waals surface area contributed by atoms with E-state index in [0.29, 0.717) is 5.30 Å². The molecule has 0 radical (unpaired) electrons. The lowest BCUT2D eigenvalue weighted by Crippen LogP contribution is -2.40. The van der Waals surface area contributed by atoms with E-state index in [4.69, 9.17) is 14.6 Å². The van der Waals surface area contributed by atoms with Crippen molar-refractivity contribution >= 4 is 30.2 Å². The van der Waals surface area contributed by atoms with Crippen molar-refractivity contribution in [2.24, 2.45) is 0 Å². The van der Waals surface area contributed by atoms with Crippen LogP contribution in [0.1, 0.15) is 20.8 Å². The van der Waals surface area contributed by atoms with Gasteiger partial charge in [-0.15, -0.1) is 0 Å². The zero-order valence-electron chi connectivity index (χ0n) is 14.8. The Bertz CT molecular complexity index is 674. The SMILES string of the molecule is COc1cc(P(C)(C)=O)ccc1N(CC(=O)O)C(=O)OC(C)(C)C. The molecule has 1 amide bonds. The predicted octanol–water partition coefficient (Wildman–Crippen LogP) is 2.77. The molecule has 0 aliphatic carbocycles. The molecule has 8 heteroatoms. The Morgan fingerprint density at radius 3 is 2.25 bits per heavy atom. The van der Waals surface area contributed by atoms with Crippen LogP contribution in [0, 0.1) is 0 Å². The summed E-state index contributed by atoms with van der Waals surface area (Å²) in [6.45, 7) is 7.72. The van der Waals surface area contributed by atoms with Crippen molar-refractivity contribution in [2.75, 3.05) is 31.9 Å². The first-order chi connectivity index (χ1) is 10.8. The van der Waals surface area contributed by atoms with Crippen LogP contribution in [0.15, 0.2) is 18.2 Å². The third-order valence-corrected chi connectivity index (χ3v) is 4.50. The molecule has 0 fully saturated rings. The summed E-state index contributed by atoms with van der Waals surface area (Å²) in [4.78, 5) is 24.5. The van der Waals surface area contributed by atoms with Gasteiger partial charge >= 0.3 is 12.1 Å². The molecule has 0 unspecified atom stereocenters. The summed E-state index contributed by atoms with van der Waals surface area (Å²) in [6.07, 6.45) is -0.799. The Balaban J connectivity index is 3.35. The number of methoxy groups -OCH3 is 1. The Morgan fingerprint density at radius 1 is 1.25 bits per heavy atom. The first-order valence-electron chi connectivity index (χ1n) is 7.31. The van der Waals surface area contributed by atoms with E-state index in [-0.39, 0.29) is 11.4 Å². The van der Waals surface area contributed by atoms with Crippen LogP contribution >= 0.6 is 7.14 Å². The Hall–Kier alpha value is -2.01. The minimum Gasteiger partial charge on any atom is -0.495 e. The minimum atomic E-state index is -2.52. The van der Waals surface area contributed by atoms with Gasteiger partial charge in [-0.3, -0.25) is 9.69 Å². The van der Waals surface area contributed by atoms with Crippen LogP contribution in [-0.4, -0.2) is 49.8 Å². The average Bonchev–Trinajstić information content (AvgIpc) is 2.41. The number of carboxylic acid groups (broad SMARTS) is 1. The molecule has 24 heavy (non-hydrogen) atoms. The number of benzene rings is 1. The first-order valence-corrected chi connectivity index (χ1v) is 9.91. The zero-order valence-corrected chi connectivity index (χ0v) is 15.7. The second-order valence-corrected chi connectivity index (χ2v) is 9.89. The van der Waals surface area contributed by atoms with Gasteiger partial charge in [-0.1, -0.05) is 0 Å². The van der Waals surface area contributed by atoms with Gasteiger partial charge in [0.1, 0.15) is 25.0 Å². The van der Waals surface area contributed by atoms with Crippen LogP contribution in [-0.2, 0) is 14.1 Å². The van der Waals surface area contributed by atoms with Crippen molar-refractivity contribution in [3.8, 4) is 5.75 Å². The number of nitrogens with zero attached hydrogens (tertiary/aromatic N) is 1. The normalized spacial score (nSPS) is 11.8. The first kappa shape index (κ1) is 20.0. The largest absolute Gasteiger partial charge is 0.495 e. The molecule has 0 aliphatic heterocycles. The summed E-state index contributed by atoms with van der Waals surface area (Å²) in [5.41, 5.74) is -0.532. The standard InChI is InChI=1S/C16H24NO6P/c1-16(2,3)23-15(20)17(10-14(18)19)12-8-7-11(24(5,6)21)9-13(12)22-4/h7-9H,10H2,1-6H3,(H,18,19). The third kappa shape index (κ3) is 5.57. The maximum Gasteiger partial charge on any atom is 0.415 e. The Morgan fingerprint density at radius 2 is 1.83 bits per heavy atom. The van der Waals surface area contributed by atoms with Gasteiger partial charge in [-0.05, 0) is 52.3 Å². The van der Waals surface area contributed by atoms with Gasteiger partial charge in [-0.2, -0.15) is 0 Å². The Labute approximate surface area is 141 Å². The molecule has 0 spiro atoms. The Kier molecular flexibility index (Phi) is 6.06. The number of carbonyl (C=O) groups is 2. The van der Waals surface area contributed by atoms with Gasteiger partial charge < -0.3 is 19.1 Å². The summed E-state index contributed by atoms with van der Waals surface area (Å²) < 4.78 is 22.7. The number of anilines is 1. The quantitative estimate of drug-likeness (QED) is 0.815. The van der Waals surface area contributed by atoms with Gasteiger partial charge in [0.15, 0.2) is 0 Å². The fourth-order valence-corrected chi connectivity index (χ4v) is 2.79. The molecule has 134 valence electrons. The second-order valence-electron chi connectivity index (χ2n) is 6.67. The molecule has 0 atom stereocenters. The number of rotatable bonds is 5. The van der Waals surface area contributed by atoms with Gasteiger partial charge in [0.2, 0.25) is 0 Å². The van der Waals surface area contributed by atoms with Crippen molar-refractivity contribution in [1.29, 1.82) is 0 Å². The molecular weight excluding hydrogens is 333 g/mol. The lowest BCUT2D eigenvalue weighted by atomic mass is 10.2. The number of ether oxygens (including phenoxy) is 2. The topological polar surface area (TPSA) is 93.1 Å². The van der Waals surface area contributed by atoms with Crippen molar-refractivity contribution in [2.45, 2.75) is 26.4 Å². The van der Waals surface area contributed by atoms with Crippen LogP contribution in [0.3, 0.4) is 0 Å².